The minimum atomic E-state index is -4.25. The van der Waals surface area contributed by atoms with Crippen molar-refractivity contribution in [2.75, 3.05) is 20.1 Å². The van der Waals surface area contributed by atoms with E-state index in [1.165, 1.54) is 12.1 Å². The highest BCUT2D eigenvalue weighted by molar-refractivity contribution is 5.24. The van der Waals surface area contributed by atoms with Gasteiger partial charge in [-0.2, -0.15) is 13.2 Å². The van der Waals surface area contributed by atoms with E-state index in [1.54, 1.807) is 0 Å². The number of halogens is 3. The fourth-order valence-electron chi connectivity index (χ4n) is 1.70. The molecule has 0 heterocycles. The molecule has 1 atom stereocenters. The van der Waals surface area contributed by atoms with Gasteiger partial charge >= 0.3 is 6.18 Å². The molecular weight excluding hydrogens is 241 g/mol. The summed E-state index contributed by atoms with van der Waals surface area (Å²) >= 11 is 0. The summed E-state index contributed by atoms with van der Waals surface area (Å²) in [5.74, 6) is 0. The Kier molecular flexibility index (Phi) is 5.62. The van der Waals surface area contributed by atoms with E-state index in [-0.39, 0.29) is 0 Å². The van der Waals surface area contributed by atoms with Crippen LogP contribution in [0.3, 0.4) is 0 Å². The largest absolute Gasteiger partial charge is 0.416 e. The number of rotatable bonds is 6. The maximum absolute atomic E-state index is 12.3. The van der Waals surface area contributed by atoms with Gasteiger partial charge in [0.05, 0.1) is 5.56 Å². The van der Waals surface area contributed by atoms with E-state index in [4.69, 9.17) is 0 Å². The maximum atomic E-state index is 12.3. The maximum Gasteiger partial charge on any atom is 0.416 e. The topological polar surface area (TPSA) is 24.1 Å². The molecule has 0 amide bonds. The van der Waals surface area contributed by atoms with Crippen molar-refractivity contribution in [3.63, 3.8) is 0 Å². The van der Waals surface area contributed by atoms with E-state index in [9.17, 15) is 13.2 Å². The van der Waals surface area contributed by atoms with Gasteiger partial charge in [-0.25, -0.2) is 0 Å². The second kappa shape index (κ2) is 6.75. The fourth-order valence-corrected chi connectivity index (χ4v) is 1.70. The van der Waals surface area contributed by atoms with E-state index < -0.39 is 11.7 Å². The van der Waals surface area contributed by atoms with Crippen molar-refractivity contribution < 1.29 is 13.2 Å². The number of alkyl halides is 3. The predicted molar refractivity (Wildman–Crippen MR) is 66.5 cm³/mol. The predicted octanol–water partition coefficient (Wildman–Crippen LogP) is 2.45. The molecule has 0 fully saturated rings. The van der Waals surface area contributed by atoms with Crippen molar-refractivity contribution in [3.05, 3.63) is 35.4 Å². The number of hydrogen-bond acceptors (Lipinski definition) is 2. The first-order valence-corrected chi connectivity index (χ1v) is 5.97. The van der Waals surface area contributed by atoms with Crippen molar-refractivity contribution in [2.45, 2.75) is 25.6 Å². The first-order valence-electron chi connectivity index (χ1n) is 5.97. The molecule has 1 aromatic carbocycles. The molecular formula is C13H19F3N2. The van der Waals surface area contributed by atoms with Gasteiger partial charge in [0.25, 0.3) is 0 Å². The van der Waals surface area contributed by atoms with Crippen LogP contribution in [0.2, 0.25) is 0 Å². The van der Waals surface area contributed by atoms with E-state index in [2.05, 4.69) is 17.6 Å². The Bertz CT molecular complexity index is 346. The summed E-state index contributed by atoms with van der Waals surface area (Å²) in [5.41, 5.74) is 0.315. The van der Waals surface area contributed by atoms with Gasteiger partial charge in [0.2, 0.25) is 0 Å². The summed E-state index contributed by atoms with van der Waals surface area (Å²) in [6.07, 6.45) is -3.52. The average molecular weight is 260 g/mol. The van der Waals surface area contributed by atoms with Crippen molar-refractivity contribution in [1.82, 2.24) is 10.6 Å². The van der Waals surface area contributed by atoms with Crippen LogP contribution in [0, 0.1) is 0 Å². The molecule has 0 radical (unpaired) electrons. The summed E-state index contributed by atoms with van der Waals surface area (Å²) < 4.78 is 37.0. The third-order valence-electron chi connectivity index (χ3n) is 2.70. The molecule has 0 aliphatic rings. The van der Waals surface area contributed by atoms with E-state index in [0.717, 1.165) is 37.2 Å². The summed E-state index contributed by atoms with van der Waals surface area (Å²) in [6, 6.07) is 5.68. The Morgan fingerprint density at radius 2 is 1.78 bits per heavy atom. The Labute approximate surface area is 106 Å². The third kappa shape index (κ3) is 5.06. The highest BCUT2D eigenvalue weighted by Gasteiger charge is 2.29. The Morgan fingerprint density at radius 1 is 1.17 bits per heavy atom. The summed E-state index contributed by atoms with van der Waals surface area (Å²) in [5, 5.41) is 6.34. The van der Waals surface area contributed by atoms with Gasteiger partial charge in [0.15, 0.2) is 0 Å². The molecule has 0 aliphatic carbocycles. The van der Waals surface area contributed by atoms with Gasteiger partial charge in [-0.15, -0.1) is 0 Å². The van der Waals surface area contributed by atoms with E-state index in [0.29, 0.717) is 6.04 Å². The normalized spacial score (nSPS) is 13.6. The molecule has 1 unspecified atom stereocenters. The molecule has 0 bridgehead atoms. The number of nitrogens with one attached hydrogen (secondary N) is 2. The molecule has 0 aliphatic heterocycles. The zero-order valence-electron chi connectivity index (χ0n) is 10.6. The average Bonchev–Trinajstić information content (AvgIpc) is 2.29. The van der Waals surface area contributed by atoms with Crippen LogP contribution in [-0.4, -0.2) is 26.2 Å². The van der Waals surface area contributed by atoms with Crippen LogP contribution in [-0.2, 0) is 12.6 Å². The lowest BCUT2D eigenvalue weighted by atomic mass is 10.1. The van der Waals surface area contributed by atoms with E-state index in [1.807, 2.05) is 7.05 Å². The smallest absolute Gasteiger partial charge is 0.318 e. The monoisotopic (exact) mass is 260 g/mol. The van der Waals surface area contributed by atoms with Gasteiger partial charge in [0.1, 0.15) is 0 Å². The molecule has 18 heavy (non-hydrogen) atoms. The van der Waals surface area contributed by atoms with Gasteiger partial charge in [-0.3, -0.25) is 0 Å². The van der Waals surface area contributed by atoms with Crippen LogP contribution in [0.15, 0.2) is 24.3 Å². The minimum absolute atomic E-state index is 0.351. The Balaban J connectivity index is 2.40. The SMILES string of the molecule is CNCC(C)NCCc1ccc(C(F)(F)F)cc1. The van der Waals surface area contributed by atoms with Crippen LogP contribution in [0.4, 0.5) is 13.2 Å². The second-order valence-corrected chi connectivity index (χ2v) is 4.36. The molecule has 2 N–H and O–H groups in total. The molecule has 0 saturated carbocycles. The molecule has 1 aromatic rings. The molecule has 0 saturated heterocycles. The summed E-state index contributed by atoms with van der Waals surface area (Å²) in [7, 11) is 1.88. The Morgan fingerprint density at radius 3 is 2.28 bits per heavy atom. The lowest BCUT2D eigenvalue weighted by Crippen LogP contribution is -2.35. The van der Waals surface area contributed by atoms with Gasteiger partial charge in [-0.1, -0.05) is 12.1 Å². The van der Waals surface area contributed by atoms with Crippen molar-refractivity contribution in [2.24, 2.45) is 0 Å². The number of benzene rings is 1. The molecule has 102 valence electrons. The van der Waals surface area contributed by atoms with Crippen molar-refractivity contribution in [1.29, 1.82) is 0 Å². The highest BCUT2D eigenvalue weighted by Crippen LogP contribution is 2.29. The highest BCUT2D eigenvalue weighted by atomic mass is 19.4. The molecule has 0 spiro atoms. The lowest BCUT2D eigenvalue weighted by Gasteiger charge is -2.13. The standard InChI is InChI=1S/C13H19F3N2/c1-10(9-17-2)18-8-7-11-3-5-12(6-4-11)13(14,15)16/h3-6,10,17-18H,7-9H2,1-2H3. The Hall–Kier alpha value is -1.07. The van der Waals surface area contributed by atoms with Gasteiger partial charge in [0, 0.05) is 12.6 Å². The van der Waals surface area contributed by atoms with Crippen LogP contribution in [0.5, 0.6) is 0 Å². The van der Waals surface area contributed by atoms with E-state index >= 15 is 0 Å². The number of hydrogen-bond donors (Lipinski definition) is 2. The zero-order valence-corrected chi connectivity index (χ0v) is 10.6. The molecule has 5 heteroatoms. The van der Waals surface area contributed by atoms with Crippen LogP contribution < -0.4 is 10.6 Å². The molecule has 0 aromatic heterocycles. The van der Waals surface area contributed by atoms with Gasteiger partial charge < -0.3 is 10.6 Å². The van der Waals surface area contributed by atoms with Gasteiger partial charge in [-0.05, 0) is 44.6 Å². The molecule has 2 nitrogen and oxygen atoms in total. The lowest BCUT2D eigenvalue weighted by molar-refractivity contribution is -0.137. The quantitative estimate of drug-likeness (QED) is 0.821. The third-order valence-corrected chi connectivity index (χ3v) is 2.70. The van der Waals surface area contributed by atoms with Crippen LogP contribution in [0.25, 0.3) is 0 Å². The first-order chi connectivity index (χ1) is 8.43. The first kappa shape index (κ1) is 15.0. The fraction of sp³-hybridized carbons (Fsp3) is 0.538. The zero-order chi connectivity index (χ0) is 13.6. The second-order valence-electron chi connectivity index (χ2n) is 4.36. The number of likely N-dealkylation sites (N-methyl/N-ethyl adjacent to an activating group) is 1. The van der Waals surface area contributed by atoms with Crippen molar-refractivity contribution in [3.8, 4) is 0 Å². The minimum Gasteiger partial charge on any atom is -0.318 e. The summed E-state index contributed by atoms with van der Waals surface area (Å²) in [6.45, 7) is 3.68. The summed E-state index contributed by atoms with van der Waals surface area (Å²) in [4.78, 5) is 0. The molecule has 1 rings (SSSR count). The van der Waals surface area contributed by atoms with Crippen molar-refractivity contribution >= 4 is 0 Å². The van der Waals surface area contributed by atoms with Crippen LogP contribution >= 0.6 is 0 Å². The van der Waals surface area contributed by atoms with Crippen LogP contribution in [0.1, 0.15) is 18.1 Å².